The topological polar surface area (TPSA) is 84.5 Å². The summed E-state index contributed by atoms with van der Waals surface area (Å²) in [4.78, 5) is 34.3. The number of hydrogen-bond donors (Lipinski definition) is 2. The summed E-state index contributed by atoms with van der Waals surface area (Å²) < 4.78 is 17.5. The number of ether oxygens (including phenoxy) is 1. The highest BCUT2D eigenvalue weighted by Gasteiger charge is 2.12. The van der Waals surface area contributed by atoms with Gasteiger partial charge in [-0.15, -0.1) is 0 Å². The van der Waals surface area contributed by atoms with Crippen LogP contribution in [0.3, 0.4) is 0 Å². The van der Waals surface area contributed by atoms with E-state index in [0.717, 1.165) is 6.42 Å². The number of esters is 1. The number of halogens is 1. The molecule has 3 amide bonds. The van der Waals surface area contributed by atoms with Gasteiger partial charge in [0.1, 0.15) is 5.82 Å². The van der Waals surface area contributed by atoms with Crippen LogP contribution in [0.2, 0.25) is 0 Å². The molecular weight excluding hydrogens is 291 g/mol. The summed E-state index contributed by atoms with van der Waals surface area (Å²) in [5, 5.41) is 4.60. The van der Waals surface area contributed by atoms with Crippen molar-refractivity contribution in [2.75, 3.05) is 6.61 Å². The highest BCUT2D eigenvalue weighted by atomic mass is 19.1. The second kappa shape index (κ2) is 8.76. The van der Waals surface area contributed by atoms with Crippen LogP contribution in [0.15, 0.2) is 24.3 Å². The van der Waals surface area contributed by atoms with Crippen LogP contribution in [0.4, 0.5) is 9.18 Å². The first kappa shape index (κ1) is 17.6. The number of amides is 3. The van der Waals surface area contributed by atoms with Gasteiger partial charge in [0.15, 0.2) is 6.61 Å². The van der Waals surface area contributed by atoms with Crippen molar-refractivity contribution in [2.24, 2.45) is 0 Å². The Hall–Kier alpha value is -2.44. The van der Waals surface area contributed by atoms with Gasteiger partial charge in [-0.05, 0) is 31.0 Å². The molecule has 6 nitrogen and oxygen atoms in total. The fourth-order valence-electron chi connectivity index (χ4n) is 1.49. The van der Waals surface area contributed by atoms with Crippen LogP contribution in [0.1, 0.15) is 25.8 Å². The fourth-order valence-corrected chi connectivity index (χ4v) is 1.49. The second-order valence-corrected chi connectivity index (χ2v) is 4.79. The first-order chi connectivity index (χ1) is 10.4. The molecule has 0 saturated carbocycles. The van der Waals surface area contributed by atoms with Gasteiger partial charge >= 0.3 is 12.0 Å². The number of imide groups is 1. The highest BCUT2D eigenvalue weighted by Crippen LogP contribution is 2.04. The van der Waals surface area contributed by atoms with E-state index in [1.54, 1.807) is 6.92 Å². The molecule has 0 fully saturated rings. The predicted molar refractivity (Wildman–Crippen MR) is 77.5 cm³/mol. The zero-order valence-corrected chi connectivity index (χ0v) is 12.5. The molecule has 0 aliphatic rings. The Morgan fingerprint density at radius 3 is 2.45 bits per heavy atom. The lowest BCUT2D eigenvalue weighted by atomic mass is 10.1. The largest absolute Gasteiger partial charge is 0.455 e. The van der Waals surface area contributed by atoms with E-state index in [-0.39, 0.29) is 12.5 Å². The van der Waals surface area contributed by atoms with Gasteiger partial charge in [0, 0.05) is 6.04 Å². The maximum absolute atomic E-state index is 12.7. The lowest BCUT2D eigenvalue weighted by Gasteiger charge is -2.11. The van der Waals surface area contributed by atoms with E-state index in [1.165, 1.54) is 24.3 Å². The number of hydrogen-bond acceptors (Lipinski definition) is 4. The van der Waals surface area contributed by atoms with Crippen LogP contribution in [0.25, 0.3) is 0 Å². The molecule has 2 N–H and O–H groups in total. The highest BCUT2D eigenvalue weighted by molar-refractivity contribution is 5.95. The third kappa shape index (κ3) is 6.83. The summed E-state index contributed by atoms with van der Waals surface area (Å²) in [6.07, 6.45) is 0.654. The first-order valence-corrected chi connectivity index (χ1v) is 6.91. The molecule has 1 rings (SSSR count). The zero-order valence-electron chi connectivity index (χ0n) is 12.5. The molecule has 22 heavy (non-hydrogen) atoms. The third-order valence-electron chi connectivity index (χ3n) is 2.87. The lowest BCUT2D eigenvalue weighted by molar-refractivity contribution is -0.147. The molecule has 0 saturated heterocycles. The Balaban J connectivity index is 2.30. The quantitative estimate of drug-likeness (QED) is 0.781. The van der Waals surface area contributed by atoms with E-state index in [1.807, 2.05) is 6.92 Å². The van der Waals surface area contributed by atoms with Gasteiger partial charge in [-0.3, -0.25) is 14.9 Å². The van der Waals surface area contributed by atoms with Gasteiger partial charge < -0.3 is 10.1 Å². The van der Waals surface area contributed by atoms with E-state index in [2.05, 4.69) is 10.6 Å². The van der Waals surface area contributed by atoms with Crippen LogP contribution in [-0.2, 0) is 20.7 Å². The molecule has 120 valence electrons. The minimum atomic E-state index is -0.715. The molecule has 0 aliphatic heterocycles. The molecule has 7 heteroatoms. The molecule has 1 atom stereocenters. The number of carbonyl (C=O) groups excluding carboxylic acids is 3. The van der Waals surface area contributed by atoms with E-state index >= 15 is 0 Å². The monoisotopic (exact) mass is 310 g/mol. The van der Waals surface area contributed by atoms with Crippen molar-refractivity contribution >= 4 is 17.9 Å². The first-order valence-electron chi connectivity index (χ1n) is 6.91. The molecule has 0 aliphatic carbocycles. The molecular formula is C15H19FN2O4. The maximum atomic E-state index is 12.7. The summed E-state index contributed by atoms with van der Waals surface area (Å²) >= 11 is 0. The number of benzene rings is 1. The number of rotatable bonds is 6. The average Bonchev–Trinajstić information content (AvgIpc) is 2.47. The van der Waals surface area contributed by atoms with Gasteiger partial charge in [-0.2, -0.15) is 0 Å². The SMILES string of the molecule is CC[C@H](C)NC(=O)NC(=O)COC(=O)Cc1ccc(F)cc1. The van der Waals surface area contributed by atoms with E-state index < -0.39 is 30.3 Å². The Kier molecular flexibility index (Phi) is 7.01. The van der Waals surface area contributed by atoms with Crippen molar-refractivity contribution in [3.05, 3.63) is 35.6 Å². The molecule has 1 aromatic carbocycles. The molecule has 0 aromatic heterocycles. The maximum Gasteiger partial charge on any atom is 0.321 e. The van der Waals surface area contributed by atoms with Crippen molar-refractivity contribution in [1.82, 2.24) is 10.6 Å². The molecule has 0 spiro atoms. The van der Waals surface area contributed by atoms with Crippen LogP contribution >= 0.6 is 0 Å². The van der Waals surface area contributed by atoms with E-state index in [9.17, 15) is 18.8 Å². The van der Waals surface area contributed by atoms with Gasteiger partial charge in [-0.1, -0.05) is 19.1 Å². The Morgan fingerprint density at radius 1 is 1.23 bits per heavy atom. The fraction of sp³-hybridized carbons (Fsp3) is 0.400. The Morgan fingerprint density at radius 2 is 1.86 bits per heavy atom. The number of nitrogens with one attached hydrogen (secondary N) is 2. The zero-order chi connectivity index (χ0) is 16.5. The summed E-state index contributed by atoms with van der Waals surface area (Å²) in [5.41, 5.74) is 0.571. The Bertz CT molecular complexity index is 531. The number of urea groups is 1. The Labute approximate surface area is 128 Å². The van der Waals surface area contributed by atoms with Gasteiger partial charge in [0.25, 0.3) is 5.91 Å². The summed E-state index contributed by atoms with van der Waals surface area (Å²) in [6.45, 7) is 3.14. The van der Waals surface area contributed by atoms with Crippen LogP contribution in [0.5, 0.6) is 0 Å². The average molecular weight is 310 g/mol. The molecule has 0 heterocycles. The summed E-state index contributed by atoms with van der Waals surface area (Å²) in [7, 11) is 0. The smallest absolute Gasteiger partial charge is 0.321 e. The van der Waals surface area contributed by atoms with Gasteiger partial charge in [0.05, 0.1) is 6.42 Å². The molecule has 0 unspecified atom stereocenters. The second-order valence-electron chi connectivity index (χ2n) is 4.79. The minimum Gasteiger partial charge on any atom is -0.455 e. The summed E-state index contributed by atoms with van der Waals surface area (Å²) in [6, 6.07) is 4.68. The van der Waals surface area contributed by atoms with Gasteiger partial charge in [-0.25, -0.2) is 9.18 Å². The standard InChI is InChI=1S/C15H19FN2O4/c1-3-10(2)17-15(21)18-13(19)9-22-14(20)8-11-4-6-12(16)7-5-11/h4-7,10H,3,8-9H2,1-2H3,(H2,17,18,19,21)/t10-/m0/s1. The molecule has 0 radical (unpaired) electrons. The van der Waals surface area contributed by atoms with Crippen molar-refractivity contribution < 1.29 is 23.5 Å². The van der Waals surface area contributed by atoms with Crippen molar-refractivity contribution in [3.8, 4) is 0 Å². The van der Waals surface area contributed by atoms with Crippen molar-refractivity contribution in [1.29, 1.82) is 0 Å². The van der Waals surface area contributed by atoms with Crippen molar-refractivity contribution in [3.63, 3.8) is 0 Å². The van der Waals surface area contributed by atoms with Gasteiger partial charge in [0.2, 0.25) is 0 Å². The molecule has 0 bridgehead atoms. The summed E-state index contributed by atoms with van der Waals surface area (Å²) in [5.74, 6) is -1.75. The number of carbonyl (C=O) groups is 3. The molecule has 1 aromatic rings. The predicted octanol–water partition coefficient (Wildman–Crippen LogP) is 1.54. The van der Waals surface area contributed by atoms with E-state index in [0.29, 0.717) is 5.56 Å². The van der Waals surface area contributed by atoms with Crippen molar-refractivity contribution in [2.45, 2.75) is 32.7 Å². The lowest BCUT2D eigenvalue weighted by Crippen LogP contribution is -2.44. The van der Waals surface area contributed by atoms with Crippen LogP contribution in [-0.4, -0.2) is 30.6 Å². The normalized spacial score (nSPS) is 11.4. The van der Waals surface area contributed by atoms with Crippen LogP contribution < -0.4 is 10.6 Å². The third-order valence-corrected chi connectivity index (χ3v) is 2.87. The van der Waals surface area contributed by atoms with E-state index in [4.69, 9.17) is 4.74 Å². The minimum absolute atomic E-state index is 0.0613. The van der Waals surface area contributed by atoms with Crippen LogP contribution in [0, 0.1) is 5.82 Å².